The van der Waals surface area contributed by atoms with E-state index < -0.39 is 0 Å². The monoisotopic (exact) mass is 206 g/mol. The number of phenolic OH excluding ortho intramolecular Hbond substituents is 2. The van der Waals surface area contributed by atoms with Gasteiger partial charge in [-0.05, 0) is 19.1 Å². The van der Waals surface area contributed by atoms with E-state index in [2.05, 4.69) is 4.98 Å². The van der Waals surface area contributed by atoms with Gasteiger partial charge < -0.3 is 10.2 Å². The number of phenols is 2. The third kappa shape index (κ3) is 2.01. The van der Waals surface area contributed by atoms with Crippen molar-refractivity contribution in [3.05, 3.63) is 30.1 Å². The fourth-order valence-corrected chi connectivity index (χ4v) is 1.41. The van der Waals surface area contributed by atoms with Gasteiger partial charge in [0.25, 0.3) is 0 Å². The first kappa shape index (κ1) is 11.3. The molecule has 2 aromatic rings. The normalized spacial score (nSPS) is 9.53. The van der Waals surface area contributed by atoms with Crippen LogP contribution >= 0.6 is 0 Å². The van der Waals surface area contributed by atoms with Crippen LogP contribution in [0.2, 0.25) is 0 Å². The van der Waals surface area contributed by atoms with Crippen LogP contribution < -0.4 is 4.98 Å². The smallest absolute Gasteiger partial charge is 0.178 e. The quantitative estimate of drug-likeness (QED) is 0.650. The summed E-state index contributed by atoms with van der Waals surface area (Å²) >= 11 is 0. The first-order valence-electron chi connectivity index (χ1n) is 5.01. The van der Waals surface area contributed by atoms with E-state index in [0.717, 1.165) is 10.9 Å². The second-order valence-electron chi connectivity index (χ2n) is 3.03. The minimum absolute atomic E-state index is 0.0718. The lowest BCUT2D eigenvalue weighted by molar-refractivity contribution is -0.376. The Hall–Kier alpha value is -1.77. The molecule has 1 heterocycles. The highest BCUT2D eigenvalue weighted by atomic mass is 16.3. The summed E-state index contributed by atoms with van der Waals surface area (Å²) in [5.41, 5.74) is 1.04. The van der Waals surface area contributed by atoms with Crippen LogP contribution in [0.15, 0.2) is 24.5 Å². The van der Waals surface area contributed by atoms with Gasteiger partial charge in [-0.2, -0.15) is 0 Å². The molecule has 0 bridgehead atoms. The predicted octanol–water partition coefficient (Wildman–Crippen LogP) is 2.40. The lowest BCUT2D eigenvalue weighted by atomic mass is 10.1. The number of hydrogen-bond donors (Lipinski definition) is 2. The van der Waals surface area contributed by atoms with E-state index in [9.17, 15) is 10.2 Å². The molecule has 1 aromatic heterocycles. The molecule has 0 saturated heterocycles. The zero-order valence-corrected chi connectivity index (χ0v) is 9.20. The molecular weight excluding hydrogens is 190 g/mol. The summed E-state index contributed by atoms with van der Waals surface area (Å²) in [6, 6.07) is 3.28. The molecule has 1 aromatic carbocycles. The van der Waals surface area contributed by atoms with E-state index >= 15 is 0 Å². The summed E-state index contributed by atoms with van der Waals surface area (Å²) in [6.45, 7) is 5.94. The molecule has 3 nitrogen and oxygen atoms in total. The Kier molecular flexibility index (Phi) is 3.50. The Labute approximate surface area is 89.0 Å². The molecule has 0 saturated carbocycles. The van der Waals surface area contributed by atoms with E-state index in [0.29, 0.717) is 5.39 Å². The molecule has 0 aliphatic rings. The summed E-state index contributed by atoms with van der Waals surface area (Å²) in [5, 5.41) is 20.3. The average Bonchev–Trinajstić information content (AvgIpc) is 2.27. The third-order valence-electron chi connectivity index (χ3n) is 2.15. The number of H-pyrrole nitrogens is 1. The zero-order chi connectivity index (χ0) is 11.4. The number of aromatic nitrogens is 1. The van der Waals surface area contributed by atoms with Crippen molar-refractivity contribution >= 4 is 10.8 Å². The van der Waals surface area contributed by atoms with Gasteiger partial charge in [0.1, 0.15) is 0 Å². The van der Waals surface area contributed by atoms with Gasteiger partial charge in [0.05, 0.1) is 5.39 Å². The van der Waals surface area contributed by atoms with Gasteiger partial charge in [-0.15, -0.1) is 0 Å². The number of benzene rings is 1. The highest BCUT2D eigenvalue weighted by molar-refractivity contribution is 5.91. The number of hydrogen-bond acceptors (Lipinski definition) is 2. The Morgan fingerprint density at radius 1 is 1.00 bits per heavy atom. The van der Waals surface area contributed by atoms with E-state index in [1.54, 1.807) is 12.3 Å². The van der Waals surface area contributed by atoms with Gasteiger partial charge in [-0.25, -0.2) is 4.98 Å². The summed E-state index contributed by atoms with van der Waals surface area (Å²) in [4.78, 5) is 2.90. The number of aryl methyl sites for hydroxylation is 1. The molecule has 2 rings (SSSR count). The fourth-order valence-electron chi connectivity index (χ4n) is 1.41. The molecule has 0 fully saturated rings. The van der Waals surface area contributed by atoms with Crippen LogP contribution in [0.3, 0.4) is 0 Å². The maximum Gasteiger partial charge on any atom is 0.178 e. The maximum absolute atomic E-state index is 9.51. The highest BCUT2D eigenvalue weighted by Crippen LogP contribution is 2.33. The minimum atomic E-state index is -0.0912. The number of aromatic hydroxyl groups is 2. The van der Waals surface area contributed by atoms with Gasteiger partial charge in [0, 0.05) is 10.9 Å². The Bertz CT molecular complexity index is 466. The van der Waals surface area contributed by atoms with Crippen molar-refractivity contribution < 1.29 is 15.2 Å². The number of aromatic amines is 1. The number of rotatable bonds is 0. The van der Waals surface area contributed by atoms with Crippen molar-refractivity contribution in [2.45, 2.75) is 20.8 Å². The van der Waals surface area contributed by atoms with Crippen LogP contribution in [-0.2, 0) is 0 Å². The fraction of sp³-hybridized carbons (Fsp3) is 0.250. The van der Waals surface area contributed by atoms with E-state index in [-0.39, 0.29) is 11.5 Å². The van der Waals surface area contributed by atoms with Crippen molar-refractivity contribution in [1.29, 1.82) is 0 Å². The summed E-state index contributed by atoms with van der Waals surface area (Å²) in [5.74, 6) is -0.163. The van der Waals surface area contributed by atoms with E-state index in [4.69, 9.17) is 0 Å². The molecule has 0 aliphatic carbocycles. The molecule has 3 N–H and O–H groups in total. The SMILES string of the molecule is CC.Cc1c[nH+]cc2c(O)c(O)ccc12. The summed E-state index contributed by atoms with van der Waals surface area (Å²) in [6.07, 6.45) is 3.51. The van der Waals surface area contributed by atoms with Crippen LogP contribution in [0.4, 0.5) is 0 Å². The molecule has 0 aliphatic heterocycles. The average molecular weight is 206 g/mol. The molecule has 80 valence electrons. The second kappa shape index (κ2) is 4.64. The first-order valence-corrected chi connectivity index (χ1v) is 5.01. The number of nitrogens with one attached hydrogen (secondary N) is 1. The van der Waals surface area contributed by atoms with E-state index in [1.807, 2.05) is 27.0 Å². The number of fused-ring (bicyclic) bond motifs is 1. The topological polar surface area (TPSA) is 54.6 Å². The van der Waals surface area contributed by atoms with Crippen molar-refractivity contribution in [3.63, 3.8) is 0 Å². The van der Waals surface area contributed by atoms with Crippen molar-refractivity contribution in [3.8, 4) is 11.5 Å². The van der Waals surface area contributed by atoms with Crippen LogP contribution in [0.5, 0.6) is 11.5 Å². The van der Waals surface area contributed by atoms with Gasteiger partial charge in [0.15, 0.2) is 23.9 Å². The lowest BCUT2D eigenvalue weighted by Gasteiger charge is -2.01. The molecule has 0 amide bonds. The third-order valence-corrected chi connectivity index (χ3v) is 2.15. The van der Waals surface area contributed by atoms with Crippen molar-refractivity contribution in [1.82, 2.24) is 0 Å². The van der Waals surface area contributed by atoms with Crippen LogP contribution in [0.25, 0.3) is 10.8 Å². The van der Waals surface area contributed by atoms with E-state index in [1.165, 1.54) is 6.07 Å². The molecule has 15 heavy (non-hydrogen) atoms. The Morgan fingerprint density at radius 2 is 1.67 bits per heavy atom. The molecule has 3 heteroatoms. The van der Waals surface area contributed by atoms with Gasteiger partial charge in [-0.3, -0.25) is 0 Å². The summed E-state index contributed by atoms with van der Waals surface area (Å²) < 4.78 is 0. The predicted molar refractivity (Wildman–Crippen MR) is 59.9 cm³/mol. The van der Waals surface area contributed by atoms with Crippen LogP contribution in [-0.4, -0.2) is 10.2 Å². The largest absolute Gasteiger partial charge is 0.504 e. The molecule has 0 radical (unpaired) electrons. The highest BCUT2D eigenvalue weighted by Gasteiger charge is 2.08. The molecule has 0 atom stereocenters. The minimum Gasteiger partial charge on any atom is -0.504 e. The molecular formula is C12H16NO2+. The molecule has 0 unspecified atom stereocenters. The Balaban J connectivity index is 0.000000531. The van der Waals surface area contributed by atoms with Crippen molar-refractivity contribution in [2.24, 2.45) is 0 Å². The van der Waals surface area contributed by atoms with Crippen LogP contribution in [0.1, 0.15) is 19.4 Å². The van der Waals surface area contributed by atoms with Crippen LogP contribution in [0, 0.1) is 6.92 Å². The maximum atomic E-state index is 9.51. The van der Waals surface area contributed by atoms with Gasteiger partial charge in [-0.1, -0.05) is 13.8 Å². The van der Waals surface area contributed by atoms with Crippen molar-refractivity contribution in [2.75, 3.05) is 0 Å². The first-order chi connectivity index (χ1) is 7.20. The Morgan fingerprint density at radius 3 is 2.33 bits per heavy atom. The number of pyridine rings is 1. The summed E-state index contributed by atoms with van der Waals surface area (Å²) in [7, 11) is 0. The molecule has 0 spiro atoms. The second-order valence-corrected chi connectivity index (χ2v) is 3.03. The standard InChI is InChI=1S/C10H9NO2.C2H6/c1-6-4-11-5-8-7(6)2-3-9(12)10(8)13;1-2/h2-5,12-13H,1H3;1-2H3/p+1. The van der Waals surface area contributed by atoms with Gasteiger partial charge >= 0.3 is 0 Å². The lowest BCUT2D eigenvalue weighted by Crippen LogP contribution is -2.00. The zero-order valence-electron chi connectivity index (χ0n) is 9.20. The van der Waals surface area contributed by atoms with Gasteiger partial charge in [0.2, 0.25) is 0 Å².